The standard InChI is InChI=1S/C18H15NO3S/c1-11-6-7-16(23-11)18(21)14(9-19)17(20)13-8-12-4-2-3-5-15(12)22-10-13/h2-7,13-14H,8,10H2,1H3. The maximum absolute atomic E-state index is 12.6. The van der Waals surface area contributed by atoms with Gasteiger partial charge in [0, 0.05) is 4.88 Å². The zero-order valence-corrected chi connectivity index (χ0v) is 13.4. The molecule has 1 aliphatic heterocycles. The van der Waals surface area contributed by atoms with Crippen LogP contribution in [0, 0.1) is 30.1 Å². The van der Waals surface area contributed by atoms with E-state index < -0.39 is 17.6 Å². The number of rotatable bonds is 4. The minimum atomic E-state index is -1.26. The third-order valence-corrected chi connectivity index (χ3v) is 4.96. The summed E-state index contributed by atoms with van der Waals surface area (Å²) < 4.78 is 5.60. The number of para-hydroxylation sites is 1. The molecule has 4 nitrogen and oxygen atoms in total. The van der Waals surface area contributed by atoms with Gasteiger partial charge in [-0.3, -0.25) is 9.59 Å². The number of thiophene rings is 1. The van der Waals surface area contributed by atoms with Crippen LogP contribution in [0.25, 0.3) is 0 Å². The predicted octanol–water partition coefficient (Wildman–Crippen LogP) is 3.20. The first-order valence-electron chi connectivity index (χ1n) is 7.35. The smallest absolute Gasteiger partial charge is 0.197 e. The van der Waals surface area contributed by atoms with E-state index in [1.807, 2.05) is 43.3 Å². The molecular weight excluding hydrogens is 310 g/mol. The van der Waals surface area contributed by atoms with Gasteiger partial charge >= 0.3 is 0 Å². The topological polar surface area (TPSA) is 67.2 Å². The van der Waals surface area contributed by atoms with Gasteiger partial charge in [0.2, 0.25) is 0 Å². The first-order chi connectivity index (χ1) is 11.1. The van der Waals surface area contributed by atoms with Gasteiger partial charge < -0.3 is 4.74 Å². The Morgan fingerprint density at radius 1 is 1.30 bits per heavy atom. The second kappa shape index (κ2) is 6.35. The Morgan fingerprint density at radius 2 is 2.09 bits per heavy atom. The van der Waals surface area contributed by atoms with E-state index >= 15 is 0 Å². The van der Waals surface area contributed by atoms with Gasteiger partial charge in [-0.25, -0.2) is 0 Å². The fourth-order valence-corrected chi connectivity index (χ4v) is 3.54. The molecular formula is C18H15NO3S. The molecule has 0 saturated heterocycles. The van der Waals surface area contributed by atoms with Crippen LogP contribution in [0.1, 0.15) is 20.1 Å². The second-order valence-corrected chi connectivity index (χ2v) is 6.85. The Labute approximate surface area is 138 Å². The van der Waals surface area contributed by atoms with Gasteiger partial charge in [0.05, 0.1) is 23.5 Å². The first kappa shape index (κ1) is 15.4. The van der Waals surface area contributed by atoms with Gasteiger partial charge in [0.15, 0.2) is 17.5 Å². The lowest BCUT2D eigenvalue weighted by atomic mass is 9.85. The number of ketones is 2. The molecule has 2 heterocycles. The van der Waals surface area contributed by atoms with Crippen molar-refractivity contribution >= 4 is 22.9 Å². The van der Waals surface area contributed by atoms with Crippen molar-refractivity contribution in [3.63, 3.8) is 0 Å². The molecule has 0 N–H and O–H groups in total. The third kappa shape index (κ3) is 3.03. The quantitative estimate of drug-likeness (QED) is 0.639. The van der Waals surface area contributed by atoms with Crippen molar-refractivity contribution in [3.05, 3.63) is 51.7 Å². The van der Waals surface area contributed by atoms with E-state index in [0.29, 0.717) is 11.3 Å². The molecule has 116 valence electrons. The first-order valence-corrected chi connectivity index (χ1v) is 8.16. The van der Waals surface area contributed by atoms with Gasteiger partial charge in [0.25, 0.3) is 0 Å². The van der Waals surface area contributed by atoms with Crippen LogP contribution in [0.2, 0.25) is 0 Å². The predicted molar refractivity (Wildman–Crippen MR) is 86.6 cm³/mol. The van der Waals surface area contributed by atoms with Crippen LogP contribution in [0.4, 0.5) is 0 Å². The van der Waals surface area contributed by atoms with Gasteiger partial charge in [-0.05, 0) is 37.1 Å². The summed E-state index contributed by atoms with van der Waals surface area (Å²) in [4.78, 5) is 26.5. The Bertz CT molecular complexity index is 803. The molecule has 1 aromatic heterocycles. The number of ether oxygens (including phenoxy) is 1. The van der Waals surface area contributed by atoms with Crippen LogP contribution in [0.15, 0.2) is 36.4 Å². The minimum Gasteiger partial charge on any atom is -0.493 e. The Balaban J connectivity index is 1.79. The second-order valence-electron chi connectivity index (χ2n) is 5.56. The highest BCUT2D eigenvalue weighted by Crippen LogP contribution is 2.29. The average Bonchev–Trinajstić information content (AvgIpc) is 3.01. The Morgan fingerprint density at radius 3 is 2.78 bits per heavy atom. The van der Waals surface area contributed by atoms with Gasteiger partial charge in [-0.1, -0.05) is 18.2 Å². The Hall–Kier alpha value is -2.45. The van der Waals surface area contributed by atoms with E-state index in [2.05, 4.69) is 0 Å². The van der Waals surface area contributed by atoms with Gasteiger partial charge in [-0.15, -0.1) is 11.3 Å². The van der Waals surface area contributed by atoms with E-state index in [1.165, 1.54) is 11.3 Å². The van der Waals surface area contributed by atoms with Crippen LogP contribution < -0.4 is 4.74 Å². The maximum Gasteiger partial charge on any atom is 0.197 e. The van der Waals surface area contributed by atoms with Crippen molar-refractivity contribution in [3.8, 4) is 11.8 Å². The van der Waals surface area contributed by atoms with Crippen molar-refractivity contribution in [2.75, 3.05) is 6.61 Å². The van der Waals surface area contributed by atoms with Crippen molar-refractivity contribution < 1.29 is 14.3 Å². The molecule has 5 heteroatoms. The molecule has 1 aromatic carbocycles. The number of hydrogen-bond acceptors (Lipinski definition) is 5. The molecule has 2 atom stereocenters. The number of aryl methyl sites for hydroxylation is 1. The van der Waals surface area contributed by atoms with Crippen LogP contribution >= 0.6 is 11.3 Å². The summed E-state index contributed by atoms with van der Waals surface area (Å²) in [7, 11) is 0. The van der Waals surface area contributed by atoms with Crippen LogP contribution in [-0.4, -0.2) is 18.2 Å². The van der Waals surface area contributed by atoms with Gasteiger partial charge in [0.1, 0.15) is 5.75 Å². The summed E-state index contributed by atoms with van der Waals surface area (Å²) in [6.45, 7) is 2.10. The van der Waals surface area contributed by atoms with Crippen LogP contribution in [0.3, 0.4) is 0 Å². The fraction of sp³-hybridized carbons (Fsp3) is 0.278. The number of nitriles is 1. The molecule has 1 aliphatic rings. The molecule has 0 bridgehead atoms. The number of nitrogens with zero attached hydrogens (tertiary/aromatic N) is 1. The van der Waals surface area contributed by atoms with E-state index in [1.54, 1.807) is 6.07 Å². The third-order valence-electron chi connectivity index (χ3n) is 3.94. The Kier molecular flexibility index (Phi) is 4.26. The molecule has 0 fully saturated rings. The number of fused-ring (bicyclic) bond motifs is 1. The number of hydrogen-bond donors (Lipinski definition) is 0. The molecule has 0 spiro atoms. The van der Waals surface area contributed by atoms with Crippen molar-refractivity contribution in [1.29, 1.82) is 5.26 Å². The highest BCUT2D eigenvalue weighted by atomic mass is 32.1. The zero-order chi connectivity index (χ0) is 16.4. The lowest BCUT2D eigenvalue weighted by molar-refractivity contribution is -0.125. The lowest BCUT2D eigenvalue weighted by Gasteiger charge is -2.25. The van der Waals surface area contributed by atoms with Crippen molar-refractivity contribution in [2.45, 2.75) is 13.3 Å². The van der Waals surface area contributed by atoms with Crippen molar-refractivity contribution in [2.24, 2.45) is 11.8 Å². The monoisotopic (exact) mass is 325 g/mol. The highest BCUT2D eigenvalue weighted by Gasteiger charge is 2.36. The minimum absolute atomic E-state index is 0.213. The number of benzene rings is 1. The van der Waals surface area contributed by atoms with E-state index in [0.717, 1.165) is 16.2 Å². The molecule has 2 aromatic rings. The molecule has 0 radical (unpaired) electrons. The average molecular weight is 325 g/mol. The maximum atomic E-state index is 12.6. The van der Waals surface area contributed by atoms with Crippen LogP contribution in [0.5, 0.6) is 5.75 Å². The fourth-order valence-electron chi connectivity index (χ4n) is 2.71. The summed E-state index contributed by atoms with van der Waals surface area (Å²) in [5, 5.41) is 9.33. The molecule has 23 heavy (non-hydrogen) atoms. The number of carbonyl (C=O) groups is 2. The summed E-state index contributed by atoms with van der Waals surface area (Å²) in [6, 6.07) is 12.9. The molecule has 3 rings (SSSR count). The van der Waals surface area contributed by atoms with E-state index in [-0.39, 0.29) is 12.4 Å². The molecule has 0 amide bonds. The number of carbonyl (C=O) groups excluding carboxylic acids is 2. The zero-order valence-electron chi connectivity index (χ0n) is 12.6. The van der Waals surface area contributed by atoms with Crippen molar-refractivity contribution in [1.82, 2.24) is 0 Å². The SMILES string of the molecule is Cc1ccc(C(=O)C(C#N)C(=O)C2COc3ccccc3C2)s1. The highest BCUT2D eigenvalue weighted by molar-refractivity contribution is 7.14. The summed E-state index contributed by atoms with van der Waals surface area (Å²) in [5.41, 5.74) is 0.938. The van der Waals surface area contributed by atoms with E-state index in [9.17, 15) is 14.9 Å². The van der Waals surface area contributed by atoms with Crippen LogP contribution in [-0.2, 0) is 11.2 Å². The summed E-state index contributed by atoms with van der Waals surface area (Å²) in [5.74, 6) is -1.70. The normalized spacial score (nSPS) is 17.5. The molecule has 2 unspecified atom stereocenters. The largest absolute Gasteiger partial charge is 0.493 e. The molecule has 0 saturated carbocycles. The summed E-state index contributed by atoms with van der Waals surface area (Å²) in [6.07, 6.45) is 0.504. The number of Topliss-reactive ketones (excluding diaryl/α,β-unsaturated/α-hetero) is 2. The van der Waals surface area contributed by atoms with E-state index in [4.69, 9.17) is 4.74 Å². The molecule has 0 aliphatic carbocycles. The summed E-state index contributed by atoms with van der Waals surface area (Å²) >= 11 is 1.31. The van der Waals surface area contributed by atoms with Gasteiger partial charge in [-0.2, -0.15) is 5.26 Å². The lowest BCUT2D eigenvalue weighted by Crippen LogP contribution is -2.35.